The molecular formula is C21H22F3N7. The van der Waals surface area contributed by atoms with Gasteiger partial charge in [0.2, 0.25) is 0 Å². The lowest BCUT2D eigenvalue weighted by atomic mass is 9.80. The Balaban J connectivity index is 1.25. The normalized spacial score (nSPS) is 19.8. The minimum atomic E-state index is -4.46. The van der Waals surface area contributed by atoms with E-state index >= 15 is 0 Å². The number of aromatic amines is 1. The van der Waals surface area contributed by atoms with Crippen LogP contribution in [0, 0.1) is 5.92 Å². The number of nitrogens with one attached hydrogen (secondary N) is 2. The number of nitrogen functional groups attached to an aromatic ring is 1. The monoisotopic (exact) mass is 429 g/mol. The maximum absolute atomic E-state index is 13.1. The van der Waals surface area contributed by atoms with E-state index < -0.39 is 11.7 Å². The standard InChI is InChI=1S/C21H22F3N7/c22-21(23,24)16-9-14(5-6-17(16)25)27-10-12-1-3-13(4-2-12)18-19-15-7-8-26-20(15)28-11-31(19)30-29-18/h5-9,11-13,26-27H,1-4,10,25H2. The highest BCUT2D eigenvalue weighted by Crippen LogP contribution is 2.38. The van der Waals surface area contributed by atoms with E-state index in [9.17, 15) is 13.2 Å². The van der Waals surface area contributed by atoms with Crippen LogP contribution < -0.4 is 11.1 Å². The summed E-state index contributed by atoms with van der Waals surface area (Å²) in [6.45, 7) is 0.627. The number of alkyl halides is 3. The zero-order valence-electron chi connectivity index (χ0n) is 16.7. The third-order valence-electron chi connectivity index (χ3n) is 6.18. The fourth-order valence-corrected chi connectivity index (χ4v) is 4.51. The van der Waals surface area contributed by atoms with Crippen LogP contribution >= 0.6 is 0 Å². The summed E-state index contributed by atoms with van der Waals surface area (Å²) < 4.78 is 40.9. The lowest BCUT2D eigenvalue weighted by Gasteiger charge is -2.28. The number of nitrogens with zero attached hydrogens (tertiary/aromatic N) is 4. The van der Waals surface area contributed by atoms with Crippen molar-refractivity contribution in [2.45, 2.75) is 37.8 Å². The predicted molar refractivity (Wildman–Crippen MR) is 112 cm³/mol. The SMILES string of the molecule is Nc1ccc(NCC2CCC(c3nnn4cnc5[nH]ccc5c34)CC2)cc1C(F)(F)F. The summed E-state index contributed by atoms with van der Waals surface area (Å²) in [6.07, 6.45) is 2.94. The third kappa shape index (κ3) is 3.66. The van der Waals surface area contributed by atoms with Crippen molar-refractivity contribution in [2.24, 2.45) is 5.92 Å². The summed E-state index contributed by atoms with van der Waals surface area (Å²) in [5.74, 6) is 0.696. The van der Waals surface area contributed by atoms with E-state index in [-0.39, 0.29) is 5.69 Å². The van der Waals surface area contributed by atoms with Crippen molar-refractivity contribution in [3.8, 4) is 0 Å². The molecule has 3 aromatic heterocycles. The fraction of sp³-hybridized carbons (Fsp3) is 0.381. The smallest absolute Gasteiger partial charge is 0.398 e. The number of anilines is 2. The molecule has 1 aromatic carbocycles. The van der Waals surface area contributed by atoms with E-state index in [0.29, 0.717) is 24.1 Å². The van der Waals surface area contributed by atoms with Crippen LogP contribution in [0.1, 0.15) is 42.9 Å². The summed E-state index contributed by atoms with van der Waals surface area (Å²) >= 11 is 0. The Morgan fingerprint density at radius 2 is 1.97 bits per heavy atom. The Morgan fingerprint density at radius 1 is 1.16 bits per heavy atom. The van der Waals surface area contributed by atoms with Gasteiger partial charge in [-0.25, -0.2) is 9.50 Å². The summed E-state index contributed by atoms with van der Waals surface area (Å²) in [5.41, 5.74) is 7.66. The number of hydrogen-bond acceptors (Lipinski definition) is 5. The molecule has 1 aliphatic carbocycles. The topological polar surface area (TPSA) is 96.9 Å². The number of aromatic nitrogens is 5. The van der Waals surface area contributed by atoms with Gasteiger partial charge in [0.15, 0.2) is 0 Å². The zero-order chi connectivity index (χ0) is 21.6. The minimum absolute atomic E-state index is 0.258. The third-order valence-corrected chi connectivity index (χ3v) is 6.18. The molecule has 1 saturated carbocycles. The Bertz CT molecular complexity index is 1220. The van der Waals surface area contributed by atoms with Gasteiger partial charge < -0.3 is 16.0 Å². The molecule has 0 atom stereocenters. The van der Waals surface area contributed by atoms with Gasteiger partial charge in [-0.05, 0) is 55.9 Å². The first kappa shape index (κ1) is 19.7. The molecule has 7 nitrogen and oxygen atoms in total. The molecule has 0 spiro atoms. The number of hydrogen-bond donors (Lipinski definition) is 3. The second-order valence-electron chi connectivity index (χ2n) is 8.15. The number of halogens is 3. The molecule has 31 heavy (non-hydrogen) atoms. The van der Waals surface area contributed by atoms with Crippen molar-refractivity contribution in [3.05, 3.63) is 48.0 Å². The molecular weight excluding hydrogens is 407 g/mol. The molecule has 0 radical (unpaired) electrons. The van der Waals surface area contributed by atoms with Crippen molar-refractivity contribution in [1.29, 1.82) is 0 Å². The second-order valence-corrected chi connectivity index (χ2v) is 8.15. The van der Waals surface area contributed by atoms with Crippen LogP contribution in [0.2, 0.25) is 0 Å². The molecule has 0 unspecified atom stereocenters. The minimum Gasteiger partial charge on any atom is -0.398 e. The molecule has 162 valence electrons. The molecule has 3 heterocycles. The van der Waals surface area contributed by atoms with E-state index in [2.05, 4.69) is 25.6 Å². The van der Waals surface area contributed by atoms with Gasteiger partial charge in [-0.1, -0.05) is 5.21 Å². The van der Waals surface area contributed by atoms with Crippen LogP contribution in [0.3, 0.4) is 0 Å². The number of H-pyrrole nitrogens is 1. The average molecular weight is 429 g/mol. The van der Waals surface area contributed by atoms with Gasteiger partial charge in [-0.3, -0.25) is 0 Å². The molecule has 0 aliphatic heterocycles. The maximum atomic E-state index is 13.1. The van der Waals surface area contributed by atoms with E-state index in [0.717, 1.165) is 54.0 Å². The van der Waals surface area contributed by atoms with Crippen LogP contribution in [0.4, 0.5) is 24.5 Å². The van der Waals surface area contributed by atoms with Gasteiger partial charge in [0, 0.05) is 35.4 Å². The van der Waals surface area contributed by atoms with Gasteiger partial charge in [-0.15, -0.1) is 5.10 Å². The number of nitrogens with two attached hydrogens (primary N) is 1. The van der Waals surface area contributed by atoms with Crippen LogP contribution in [-0.2, 0) is 6.18 Å². The first-order valence-electron chi connectivity index (χ1n) is 10.3. The molecule has 0 amide bonds. The largest absolute Gasteiger partial charge is 0.418 e. The highest BCUT2D eigenvalue weighted by Gasteiger charge is 2.33. The van der Waals surface area contributed by atoms with Crippen LogP contribution in [0.15, 0.2) is 36.8 Å². The molecule has 4 aromatic rings. The van der Waals surface area contributed by atoms with Gasteiger partial charge in [0.05, 0.1) is 11.3 Å². The number of fused-ring (bicyclic) bond motifs is 3. The maximum Gasteiger partial charge on any atom is 0.418 e. The zero-order valence-corrected chi connectivity index (χ0v) is 16.7. The highest BCUT2D eigenvalue weighted by molar-refractivity contribution is 5.92. The van der Waals surface area contributed by atoms with Crippen molar-refractivity contribution in [2.75, 3.05) is 17.6 Å². The number of benzene rings is 1. The molecule has 10 heteroatoms. The van der Waals surface area contributed by atoms with Crippen LogP contribution in [0.5, 0.6) is 0 Å². The van der Waals surface area contributed by atoms with E-state index in [4.69, 9.17) is 5.73 Å². The lowest BCUT2D eigenvalue weighted by Crippen LogP contribution is -2.21. The van der Waals surface area contributed by atoms with E-state index in [1.807, 2.05) is 12.3 Å². The summed E-state index contributed by atoms with van der Waals surface area (Å²) in [4.78, 5) is 7.46. The molecule has 0 bridgehead atoms. The van der Waals surface area contributed by atoms with Crippen molar-refractivity contribution in [1.82, 2.24) is 24.8 Å². The average Bonchev–Trinajstić information content (AvgIpc) is 3.39. The molecule has 4 N–H and O–H groups in total. The van der Waals surface area contributed by atoms with Crippen molar-refractivity contribution >= 4 is 27.9 Å². The Labute approximate surface area is 175 Å². The second kappa shape index (κ2) is 7.44. The fourth-order valence-electron chi connectivity index (χ4n) is 4.51. The quantitative estimate of drug-likeness (QED) is 0.412. The van der Waals surface area contributed by atoms with Crippen LogP contribution in [0.25, 0.3) is 16.6 Å². The first-order chi connectivity index (χ1) is 14.9. The van der Waals surface area contributed by atoms with E-state index in [1.54, 1.807) is 16.9 Å². The Morgan fingerprint density at radius 3 is 2.74 bits per heavy atom. The first-order valence-corrected chi connectivity index (χ1v) is 10.3. The van der Waals surface area contributed by atoms with Gasteiger partial charge >= 0.3 is 6.18 Å². The van der Waals surface area contributed by atoms with Crippen molar-refractivity contribution < 1.29 is 13.2 Å². The summed E-state index contributed by atoms with van der Waals surface area (Å²) in [5, 5.41) is 12.8. The molecule has 5 rings (SSSR count). The molecule has 0 saturated heterocycles. The van der Waals surface area contributed by atoms with Gasteiger partial charge in [-0.2, -0.15) is 13.2 Å². The predicted octanol–water partition coefficient (Wildman–Crippen LogP) is 4.59. The summed E-state index contributed by atoms with van der Waals surface area (Å²) in [6, 6.07) is 5.97. The highest BCUT2D eigenvalue weighted by atomic mass is 19.4. The van der Waals surface area contributed by atoms with Crippen molar-refractivity contribution in [3.63, 3.8) is 0 Å². The lowest BCUT2D eigenvalue weighted by molar-refractivity contribution is -0.136. The Hall–Kier alpha value is -3.30. The van der Waals surface area contributed by atoms with Gasteiger partial charge in [0.25, 0.3) is 0 Å². The van der Waals surface area contributed by atoms with E-state index in [1.165, 1.54) is 6.07 Å². The molecule has 1 fully saturated rings. The molecule has 1 aliphatic rings. The number of rotatable bonds is 4. The van der Waals surface area contributed by atoms with Gasteiger partial charge in [0.1, 0.15) is 17.5 Å². The van der Waals surface area contributed by atoms with Crippen LogP contribution in [-0.4, -0.2) is 31.3 Å². The summed E-state index contributed by atoms with van der Waals surface area (Å²) in [7, 11) is 0. The Kier molecular flexibility index (Phi) is 4.71.